The van der Waals surface area contributed by atoms with Gasteiger partial charge < -0.3 is 9.84 Å². The van der Waals surface area contributed by atoms with Gasteiger partial charge >= 0.3 is 0 Å². The van der Waals surface area contributed by atoms with Crippen molar-refractivity contribution in [1.29, 1.82) is 0 Å². The molecule has 0 saturated carbocycles. The molecule has 24 heavy (non-hydrogen) atoms. The van der Waals surface area contributed by atoms with Crippen molar-refractivity contribution >= 4 is 28.7 Å². The topological polar surface area (TPSA) is 97.3 Å². The predicted octanol–water partition coefficient (Wildman–Crippen LogP) is 5.11. The van der Waals surface area contributed by atoms with E-state index in [0.29, 0.717) is 6.42 Å². The SMILES string of the molecule is C=CCc1cc(N=Nc2cc(Cl)ccc2[N+](=O)[O-])c(O)c(OC)c1. The number of aromatic hydroxyl groups is 1. The number of hydrogen-bond donors (Lipinski definition) is 1. The van der Waals surface area contributed by atoms with E-state index in [1.807, 2.05) is 0 Å². The Morgan fingerprint density at radius 2 is 2.04 bits per heavy atom. The van der Waals surface area contributed by atoms with Crippen LogP contribution in [-0.2, 0) is 6.42 Å². The number of hydrogen-bond acceptors (Lipinski definition) is 6. The lowest BCUT2D eigenvalue weighted by Gasteiger charge is -2.08. The number of nitrogens with zero attached hydrogens (tertiary/aromatic N) is 3. The quantitative estimate of drug-likeness (QED) is 0.340. The van der Waals surface area contributed by atoms with Crippen molar-refractivity contribution in [2.24, 2.45) is 10.2 Å². The van der Waals surface area contributed by atoms with Crippen LogP contribution in [0.3, 0.4) is 0 Å². The van der Waals surface area contributed by atoms with Crippen LogP contribution >= 0.6 is 11.6 Å². The third kappa shape index (κ3) is 3.88. The van der Waals surface area contributed by atoms with E-state index in [0.717, 1.165) is 5.56 Å². The van der Waals surface area contributed by atoms with Gasteiger partial charge in [-0.25, -0.2) is 0 Å². The number of azo groups is 1. The first-order valence-corrected chi connectivity index (χ1v) is 7.20. The van der Waals surface area contributed by atoms with Crippen LogP contribution < -0.4 is 4.74 Å². The van der Waals surface area contributed by atoms with Gasteiger partial charge in [-0.05, 0) is 36.2 Å². The second-order valence-electron chi connectivity index (χ2n) is 4.75. The molecule has 8 heteroatoms. The second-order valence-corrected chi connectivity index (χ2v) is 5.19. The Hall–Kier alpha value is -2.93. The average Bonchev–Trinajstić information content (AvgIpc) is 2.55. The summed E-state index contributed by atoms with van der Waals surface area (Å²) < 4.78 is 5.09. The maximum atomic E-state index is 11.0. The highest BCUT2D eigenvalue weighted by atomic mass is 35.5. The lowest BCUT2D eigenvalue weighted by Crippen LogP contribution is -1.89. The zero-order valence-electron chi connectivity index (χ0n) is 12.8. The Morgan fingerprint density at radius 1 is 1.33 bits per heavy atom. The molecule has 2 rings (SSSR count). The van der Waals surface area contributed by atoms with Crippen LogP contribution in [0.4, 0.5) is 17.1 Å². The van der Waals surface area contributed by atoms with E-state index in [9.17, 15) is 15.2 Å². The fourth-order valence-electron chi connectivity index (χ4n) is 2.00. The lowest BCUT2D eigenvalue weighted by atomic mass is 10.1. The number of phenolic OH excluding ortho intramolecular Hbond substituents is 1. The number of benzene rings is 2. The Morgan fingerprint density at radius 3 is 2.67 bits per heavy atom. The fourth-order valence-corrected chi connectivity index (χ4v) is 2.17. The number of rotatable bonds is 6. The van der Waals surface area contributed by atoms with Crippen LogP contribution in [0.1, 0.15) is 5.56 Å². The number of nitro groups is 1. The molecule has 0 aliphatic rings. The average molecular weight is 348 g/mol. The molecular formula is C16H14ClN3O4. The largest absolute Gasteiger partial charge is 0.503 e. The van der Waals surface area contributed by atoms with Gasteiger partial charge in [-0.15, -0.1) is 16.8 Å². The summed E-state index contributed by atoms with van der Waals surface area (Å²) in [7, 11) is 1.41. The molecule has 0 bridgehead atoms. The molecule has 0 spiro atoms. The Bertz CT molecular complexity index is 821. The van der Waals surface area contributed by atoms with Gasteiger partial charge in [0.2, 0.25) is 0 Å². The maximum absolute atomic E-state index is 11.0. The highest BCUT2D eigenvalue weighted by Crippen LogP contribution is 2.39. The van der Waals surface area contributed by atoms with Crippen molar-refractivity contribution in [2.75, 3.05) is 7.11 Å². The van der Waals surface area contributed by atoms with E-state index in [-0.39, 0.29) is 33.6 Å². The van der Waals surface area contributed by atoms with Gasteiger partial charge in [0, 0.05) is 11.1 Å². The summed E-state index contributed by atoms with van der Waals surface area (Å²) in [5.74, 6) is 0.0163. The lowest BCUT2D eigenvalue weighted by molar-refractivity contribution is -0.384. The highest BCUT2D eigenvalue weighted by Gasteiger charge is 2.15. The molecule has 0 amide bonds. The van der Waals surface area contributed by atoms with Crippen LogP contribution in [0.15, 0.2) is 53.2 Å². The number of halogens is 1. The van der Waals surface area contributed by atoms with E-state index in [1.54, 1.807) is 18.2 Å². The third-order valence-electron chi connectivity index (χ3n) is 3.11. The van der Waals surface area contributed by atoms with Gasteiger partial charge in [0.05, 0.1) is 12.0 Å². The third-order valence-corrected chi connectivity index (χ3v) is 3.35. The van der Waals surface area contributed by atoms with E-state index < -0.39 is 4.92 Å². The van der Waals surface area contributed by atoms with Crippen LogP contribution in [0.2, 0.25) is 5.02 Å². The minimum Gasteiger partial charge on any atom is -0.503 e. The summed E-state index contributed by atoms with van der Waals surface area (Å²) in [6.07, 6.45) is 2.23. The number of allylic oxidation sites excluding steroid dienone is 1. The Balaban J connectivity index is 2.49. The monoisotopic (exact) mass is 347 g/mol. The Kier molecular flexibility index (Phi) is 5.49. The first-order chi connectivity index (χ1) is 11.5. The summed E-state index contributed by atoms with van der Waals surface area (Å²) in [6, 6.07) is 7.21. The molecule has 1 N–H and O–H groups in total. The molecule has 7 nitrogen and oxygen atoms in total. The molecule has 2 aromatic rings. The molecule has 0 radical (unpaired) electrons. The maximum Gasteiger partial charge on any atom is 0.296 e. The molecule has 0 aliphatic carbocycles. The van der Waals surface area contributed by atoms with Gasteiger partial charge in [-0.1, -0.05) is 17.7 Å². The Labute approximate surface area is 143 Å². The van der Waals surface area contributed by atoms with Crippen LogP contribution in [-0.4, -0.2) is 17.1 Å². The van der Waals surface area contributed by atoms with Gasteiger partial charge in [0.1, 0.15) is 5.69 Å². The molecule has 2 aromatic carbocycles. The zero-order valence-corrected chi connectivity index (χ0v) is 13.5. The fraction of sp³-hybridized carbons (Fsp3) is 0.125. The van der Waals surface area contributed by atoms with Crippen LogP contribution in [0, 0.1) is 10.1 Å². The minimum atomic E-state index is -0.584. The van der Waals surface area contributed by atoms with Gasteiger partial charge in [0.25, 0.3) is 5.69 Å². The summed E-state index contributed by atoms with van der Waals surface area (Å²) in [5, 5.41) is 29.2. The van der Waals surface area contributed by atoms with E-state index in [4.69, 9.17) is 16.3 Å². The van der Waals surface area contributed by atoms with Crippen molar-refractivity contribution in [2.45, 2.75) is 6.42 Å². The number of phenols is 1. The van der Waals surface area contributed by atoms with Crippen molar-refractivity contribution in [3.63, 3.8) is 0 Å². The smallest absolute Gasteiger partial charge is 0.296 e. The van der Waals surface area contributed by atoms with Gasteiger partial charge in [-0.2, -0.15) is 0 Å². The van der Waals surface area contributed by atoms with Crippen LogP contribution in [0.25, 0.3) is 0 Å². The molecule has 0 aliphatic heterocycles. The minimum absolute atomic E-state index is 0.0139. The molecule has 124 valence electrons. The standard InChI is InChI=1S/C16H14ClN3O4/c1-3-4-10-7-13(16(21)15(8-10)24-2)19-18-12-9-11(17)5-6-14(12)20(22)23/h3,5-9,21H,1,4H2,2H3. The molecular weight excluding hydrogens is 334 g/mol. The molecule has 0 atom stereocenters. The van der Waals surface area contributed by atoms with E-state index in [1.165, 1.54) is 25.3 Å². The second kappa shape index (κ2) is 7.56. The first kappa shape index (κ1) is 17.4. The van der Waals surface area contributed by atoms with Gasteiger partial charge in [0.15, 0.2) is 17.2 Å². The molecule has 0 fully saturated rings. The zero-order chi connectivity index (χ0) is 17.7. The summed E-state index contributed by atoms with van der Waals surface area (Å²) in [5.41, 5.74) is 0.673. The highest BCUT2D eigenvalue weighted by molar-refractivity contribution is 6.30. The number of methoxy groups -OCH3 is 1. The van der Waals surface area contributed by atoms with E-state index >= 15 is 0 Å². The van der Waals surface area contributed by atoms with Crippen molar-refractivity contribution in [3.05, 3.63) is 63.7 Å². The summed E-state index contributed by atoms with van der Waals surface area (Å²) in [6.45, 7) is 3.65. The summed E-state index contributed by atoms with van der Waals surface area (Å²) in [4.78, 5) is 10.4. The molecule has 0 aromatic heterocycles. The normalized spacial score (nSPS) is 10.8. The predicted molar refractivity (Wildman–Crippen MR) is 90.8 cm³/mol. The number of nitro benzene ring substituents is 1. The number of ether oxygens (including phenoxy) is 1. The van der Waals surface area contributed by atoms with Crippen molar-refractivity contribution < 1.29 is 14.8 Å². The van der Waals surface area contributed by atoms with E-state index in [2.05, 4.69) is 16.8 Å². The van der Waals surface area contributed by atoms with Crippen molar-refractivity contribution in [1.82, 2.24) is 0 Å². The van der Waals surface area contributed by atoms with Crippen LogP contribution in [0.5, 0.6) is 11.5 Å². The summed E-state index contributed by atoms with van der Waals surface area (Å²) >= 11 is 5.84. The molecule has 0 heterocycles. The first-order valence-electron chi connectivity index (χ1n) is 6.82. The van der Waals surface area contributed by atoms with Crippen molar-refractivity contribution in [3.8, 4) is 11.5 Å². The molecule has 0 saturated heterocycles. The van der Waals surface area contributed by atoms with Gasteiger partial charge in [-0.3, -0.25) is 10.1 Å². The molecule has 0 unspecified atom stereocenters.